The number of nitrogens with zero attached hydrogens (tertiary/aromatic N) is 4. The topological polar surface area (TPSA) is 73.8 Å². The molecule has 8 rings (SSSR count). The Morgan fingerprint density at radius 3 is 2.68 bits per heavy atom. The molecule has 2 bridgehead atoms. The largest absolute Gasteiger partial charge is 0.508 e. The van der Waals surface area contributed by atoms with Crippen molar-refractivity contribution in [2.45, 2.75) is 55.9 Å². The van der Waals surface area contributed by atoms with Crippen LogP contribution in [-0.4, -0.2) is 76.6 Å². The monoisotopic (exact) mass is 599 g/mol. The highest BCUT2D eigenvalue weighted by molar-refractivity contribution is 6.04. The van der Waals surface area contributed by atoms with Gasteiger partial charge in [0.2, 0.25) is 0 Å². The first kappa shape index (κ1) is 27.5. The van der Waals surface area contributed by atoms with Crippen molar-refractivity contribution in [3.05, 3.63) is 53.6 Å². The lowest BCUT2D eigenvalue weighted by Gasteiger charge is -2.34. The summed E-state index contributed by atoms with van der Waals surface area (Å²) in [7, 11) is 0. The van der Waals surface area contributed by atoms with Crippen LogP contribution in [0.5, 0.6) is 11.8 Å². The number of piperazine rings is 1. The Kier molecular flexibility index (Phi) is 6.40. The second-order valence-electron chi connectivity index (χ2n) is 12.7. The van der Waals surface area contributed by atoms with Gasteiger partial charge in [0.15, 0.2) is 5.82 Å². The summed E-state index contributed by atoms with van der Waals surface area (Å²) in [6.45, 7) is 2.87. The van der Waals surface area contributed by atoms with Gasteiger partial charge in [-0.3, -0.25) is 4.90 Å². The van der Waals surface area contributed by atoms with Crippen molar-refractivity contribution in [3.63, 3.8) is 0 Å². The van der Waals surface area contributed by atoms with Gasteiger partial charge in [0, 0.05) is 54.5 Å². The summed E-state index contributed by atoms with van der Waals surface area (Å²) in [4.78, 5) is 13.7. The fourth-order valence-electron chi connectivity index (χ4n) is 8.04. The fraction of sp³-hybridized carbons (Fsp3) is 0.412. The van der Waals surface area contributed by atoms with Crippen molar-refractivity contribution in [1.29, 1.82) is 0 Å². The average molecular weight is 600 g/mol. The van der Waals surface area contributed by atoms with E-state index in [0.29, 0.717) is 60.1 Å². The minimum atomic E-state index is -0.904. The molecule has 10 heteroatoms. The first-order chi connectivity index (χ1) is 21.3. The summed E-state index contributed by atoms with van der Waals surface area (Å²) < 4.78 is 52.3. The quantitative estimate of drug-likeness (QED) is 0.301. The van der Waals surface area contributed by atoms with E-state index >= 15 is 4.39 Å². The lowest BCUT2D eigenvalue weighted by atomic mass is 9.93. The molecule has 4 aromatic rings. The molecule has 4 aliphatic heterocycles. The van der Waals surface area contributed by atoms with E-state index in [1.807, 2.05) is 0 Å². The third kappa shape index (κ3) is 4.36. The smallest absolute Gasteiger partial charge is 0.319 e. The number of ether oxygens (including phenoxy) is 1. The van der Waals surface area contributed by atoms with E-state index in [0.717, 1.165) is 32.2 Å². The maximum absolute atomic E-state index is 16.8. The average Bonchev–Trinajstić information content (AvgIpc) is 3.66. The predicted octanol–water partition coefficient (Wildman–Crippen LogP) is 5.31. The minimum absolute atomic E-state index is 0.0104. The van der Waals surface area contributed by atoms with E-state index in [9.17, 15) is 13.9 Å². The molecule has 0 aliphatic carbocycles. The zero-order valence-electron chi connectivity index (χ0n) is 24.1. The van der Waals surface area contributed by atoms with Crippen LogP contribution in [0, 0.1) is 24.0 Å². The molecule has 0 saturated carbocycles. The van der Waals surface area contributed by atoms with Crippen LogP contribution in [0.4, 0.5) is 19.0 Å². The molecule has 0 radical (unpaired) electrons. The number of rotatable bonds is 5. The molecule has 4 saturated heterocycles. The van der Waals surface area contributed by atoms with Crippen molar-refractivity contribution < 1.29 is 23.0 Å². The summed E-state index contributed by atoms with van der Waals surface area (Å²) in [5.74, 6) is 1.62. The maximum Gasteiger partial charge on any atom is 0.319 e. The molecule has 4 aliphatic rings. The third-order valence-electron chi connectivity index (χ3n) is 10.00. The van der Waals surface area contributed by atoms with E-state index in [1.165, 1.54) is 24.3 Å². The Morgan fingerprint density at radius 1 is 1.07 bits per heavy atom. The number of halogens is 3. The van der Waals surface area contributed by atoms with Gasteiger partial charge >= 0.3 is 6.01 Å². The predicted molar refractivity (Wildman–Crippen MR) is 163 cm³/mol. The van der Waals surface area contributed by atoms with Gasteiger partial charge < -0.3 is 20.1 Å². The van der Waals surface area contributed by atoms with Gasteiger partial charge in [-0.2, -0.15) is 9.97 Å². The molecule has 44 heavy (non-hydrogen) atoms. The summed E-state index contributed by atoms with van der Waals surface area (Å²) in [5.41, 5.74) is 0.00827. The molecular formula is C34H32F3N5O2. The minimum Gasteiger partial charge on any atom is -0.508 e. The molecule has 0 amide bonds. The van der Waals surface area contributed by atoms with Gasteiger partial charge in [0.25, 0.3) is 0 Å². The molecule has 4 atom stereocenters. The highest BCUT2D eigenvalue weighted by atomic mass is 19.1. The van der Waals surface area contributed by atoms with Gasteiger partial charge in [-0.1, -0.05) is 18.1 Å². The van der Waals surface area contributed by atoms with Crippen molar-refractivity contribution in [3.8, 4) is 35.2 Å². The SMILES string of the molecule is C#Cc1c(F)ccc2cc(O)cc(-c3ccc4c(N5CC6CCC(C5)N6)nc(OCC56CCCN5CC(F)C6)nc4c3F)c12. The van der Waals surface area contributed by atoms with E-state index < -0.39 is 23.3 Å². The van der Waals surface area contributed by atoms with Crippen LogP contribution in [-0.2, 0) is 0 Å². The van der Waals surface area contributed by atoms with Crippen LogP contribution in [0.15, 0.2) is 36.4 Å². The Bertz CT molecular complexity index is 1850. The Balaban J connectivity index is 1.28. The summed E-state index contributed by atoms with van der Waals surface area (Å²) >= 11 is 0. The first-order valence-corrected chi connectivity index (χ1v) is 15.3. The van der Waals surface area contributed by atoms with E-state index in [2.05, 4.69) is 26.0 Å². The van der Waals surface area contributed by atoms with Crippen LogP contribution >= 0.6 is 0 Å². The van der Waals surface area contributed by atoms with Crippen molar-refractivity contribution >= 4 is 27.5 Å². The molecule has 0 spiro atoms. The molecule has 4 unspecified atom stereocenters. The number of aromatic nitrogens is 2. The summed E-state index contributed by atoms with van der Waals surface area (Å²) in [5, 5.41) is 15.5. The summed E-state index contributed by atoms with van der Waals surface area (Å²) in [6, 6.07) is 9.65. The zero-order valence-corrected chi connectivity index (χ0v) is 24.1. The highest BCUT2D eigenvalue weighted by Gasteiger charge is 2.49. The number of aromatic hydroxyl groups is 1. The van der Waals surface area contributed by atoms with Gasteiger partial charge in [-0.05, 0) is 67.4 Å². The number of benzene rings is 3. The number of terminal acetylenes is 1. The molecule has 226 valence electrons. The number of hydrogen-bond donors (Lipinski definition) is 2. The van der Waals surface area contributed by atoms with Crippen molar-refractivity contribution in [2.24, 2.45) is 0 Å². The number of nitrogens with one attached hydrogen (secondary N) is 1. The molecule has 2 N–H and O–H groups in total. The number of phenols is 1. The van der Waals surface area contributed by atoms with E-state index in [1.54, 1.807) is 12.1 Å². The molecule has 4 fully saturated rings. The lowest BCUT2D eigenvalue weighted by Crippen LogP contribution is -2.51. The normalized spacial score (nSPS) is 26.4. The number of fused-ring (bicyclic) bond motifs is 5. The van der Waals surface area contributed by atoms with E-state index in [4.69, 9.17) is 16.1 Å². The number of hydrogen-bond acceptors (Lipinski definition) is 7. The Hall–Kier alpha value is -4.07. The summed E-state index contributed by atoms with van der Waals surface area (Å²) in [6.07, 6.45) is 9.10. The molecule has 3 aromatic carbocycles. The molecule has 7 nitrogen and oxygen atoms in total. The van der Waals surface area contributed by atoms with Crippen LogP contribution in [0.25, 0.3) is 32.8 Å². The Morgan fingerprint density at radius 2 is 1.89 bits per heavy atom. The first-order valence-electron chi connectivity index (χ1n) is 15.3. The highest BCUT2D eigenvalue weighted by Crippen LogP contribution is 2.42. The van der Waals surface area contributed by atoms with Gasteiger partial charge in [0.05, 0.1) is 11.1 Å². The second-order valence-corrected chi connectivity index (χ2v) is 12.7. The van der Waals surface area contributed by atoms with Crippen LogP contribution in [0.2, 0.25) is 0 Å². The second kappa shape index (κ2) is 10.2. The standard InChI is InChI=1S/C34H32F3N5O2/c1-2-24-28(36)9-4-19-12-23(43)13-27(29(19)24)25-7-8-26-31(30(25)37)39-33(40-32(26)41-16-21-5-6-22(17-41)38-21)44-18-34-10-3-11-42(34)15-20(35)14-34/h1,4,7-9,12-13,20-22,38,43H,3,5-6,10-11,14-18H2. The van der Waals surface area contributed by atoms with Gasteiger partial charge in [-0.15, -0.1) is 6.42 Å². The van der Waals surface area contributed by atoms with Crippen molar-refractivity contribution in [1.82, 2.24) is 20.2 Å². The van der Waals surface area contributed by atoms with Crippen LogP contribution in [0.3, 0.4) is 0 Å². The maximum atomic E-state index is 16.8. The lowest BCUT2D eigenvalue weighted by molar-refractivity contribution is 0.107. The number of anilines is 1. The van der Waals surface area contributed by atoms with Crippen molar-refractivity contribution in [2.75, 3.05) is 37.7 Å². The van der Waals surface area contributed by atoms with Gasteiger partial charge in [-0.25, -0.2) is 13.2 Å². The zero-order chi connectivity index (χ0) is 30.2. The molecule has 1 aromatic heterocycles. The number of alkyl halides is 1. The van der Waals surface area contributed by atoms with Crippen LogP contribution < -0.4 is 15.0 Å². The van der Waals surface area contributed by atoms with E-state index in [-0.39, 0.29) is 40.6 Å². The fourth-order valence-corrected chi connectivity index (χ4v) is 8.04. The Labute approximate surface area is 253 Å². The molecule has 5 heterocycles. The van der Waals surface area contributed by atoms with Crippen LogP contribution in [0.1, 0.15) is 37.7 Å². The molecular weight excluding hydrogens is 567 g/mol. The third-order valence-corrected chi connectivity index (χ3v) is 10.00. The number of phenolic OH excluding ortho intramolecular Hbond substituents is 1. The van der Waals surface area contributed by atoms with Gasteiger partial charge in [0.1, 0.15) is 35.7 Å².